The summed E-state index contributed by atoms with van der Waals surface area (Å²) in [5.74, 6) is -1.17. The molecule has 0 bridgehead atoms. The summed E-state index contributed by atoms with van der Waals surface area (Å²) in [5, 5.41) is 8.92. The van der Waals surface area contributed by atoms with Gasteiger partial charge in [-0.3, -0.25) is 4.79 Å². The van der Waals surface area contributed by atoms with Gasteiger partial charge in [-0.2, -0.15) is 13.2 Å². The molecule has 1 rings (SSSR count). The average Bonchev–Trinajstić information content (AvgIpc) is 1.79. The predicted octanol–water partition coefficient (Wildman–Crippen LogP) is 2.36. The lowest BCUT2D eigenvalue weighted by Crippen LogP contribution is -2.39. The lowest BCUT2D eigenvalue weighted by atomic mass is 9.77. The summed E-state index contributed by atoms with van der Waals surface area (Å²) in [6, 6.07) is 0. The van der Waals surface area contributed by atoms with E-state index >= 15 is 0 Å². The van der Waals surface area contributed by atoms with Crippen LogP contribution in [-0.2, 0) is 4.79 Å². The van der Waals surface area contributed by atoms with Gasteiger partial charge < -0.3 is 5.11 Å². The first-order valence-electron chi connectivity index (χ1n) is 3.74. The van der Waals surface area contributed by atoms with E-state index in [4.69, 9.17) is 5.11 Å². The number of carbonyl (C=O) groups excluding carboxylic acids is 1. The highest BCUT2D eigenvalue weighted by atomic mass is 19.4. The van der Waals surface area contributed by atoms with E-state index in [1.165, 1.54) is 0 Å². The molecule has 1 N–H and O–H groups in total. The van der Waals surface area contributed by atoms with Crippen molar-refractivity contribution in [1.82, 2.24) is 0 Å². The molecule has 0 aromatic rings. The highest BCUT2D eigenvalue weighted by Gasteiger charge is 2.53. The largest absolute Gasteiger partial charge is 0.512 e. The summed E-state index contributed by atoms with van der Waals surface area (Å²) < 4.78 is 37.1. The Hall–Kier alpha value is -1.00. The second-order valence-corrected chi connectivity index (χ2v) is 3.51. The van der Waals surface area contributed by atoms with Gasteiger partial charge in [0, 0.05) is 18.9 Å². The van der Waals surface area contributed by atoms with E-state index in [1.807, 2.05) is 0 Å². The third kappa shape index (κ3) is 1.84. The number of hydrogen-bond donors (Lipinski definition) is 1. The summed E-state index contributed by atoms with van der Waals surface area (Å²) >= 11 is 0. The Morgan fingerprint density at radius 1 is 1.46 bits per heavy atom. The molecule has 0 amide bonds. The fraction of sp³-hybridized carbons (Fsp3) is 0.625. The molecule has 0 saturated carbocycles. The Morgan fingerprint density at radius 3 is 2.38 bits per heavy atom. The van der Waals surface area contributed by atoms with E-state index in [-0.39, 0.29) is 0 Å². The molecule has 1 atom stereocenters. The van der Waals surface area contributed by atoms with Crippen LogP contribution < -0.4 is 0 Å². The molecule has 0 saturated heterocycles. The van der Waals surface area contributed by atoms with Crippen LogP contribution in [0.25, 0.3) is 0 Å². The molecule has 0 fully saturated rings. The summed E-state index contributed by atoms with van der Waals surface area (Å²) in [7, 11) is 0. The van der Waals surface area contributed by atoms with Crippen LogP contribution in [0, 0.1) is 5.41 Å². The van der Waals surface area contributed by atoms with Gasteiger partial charge in [-0.05, 0) is 0 Å². The zero-order valence-corrected chi connectivity index (χ0v) is 6.98. The number of aliphatic hydroxyl groups excluding tert-OH is 1. The van der Waals surface area contributed by atoms with E-state index in [9.17, 15) is 18.0 Å². The van der Waals surface area contributed by atoms with Gasteiger partial charge in [-0.15, -0.1) is 0 Å². The zero-order chi connectivity index (χ0) is 10.3. The molecule has 1 aliphatic rings. The zero-order valence-electron chi connectivity index (χ0n) is 6.98. The summed E-state index contributed by atoms with van der Waals surface area (Å²) in [5.41, 5.74) is -2.11. The van der Waals surface area contributed by atoms with Gasteiger partial charge in [0.05, 0.1) is 11.2 Å². The number of halogens is 3. The van der Waals surface area contributed by atoms with Gasteiger partial charge in [0.2, 0.25) is 0 Å². The third-order valence-electron chi connectivity index (χ3n) is 2.15. The first-order chi connectivity index (χ1) is 5.74. The van der Waals surface area contributed by atoms with Gasteiger partial charge in [0.15, 0.2) is 5.78 Å². The van der Waals surface area contributed by atoms with Crippen molar-refractivity contribution in [2.45, 2.75) is 25.9 Å². The molecule has 1 unspecified atom stereocenters. The molecule has 0 aromatic carbocycles. The Balaban J connectivity index is 2.97. The van der Waals surface area contributed by atoms with Crippen LogP contribution in [-0.4, -0.2) is 17.1 Å². The van der Waals surface area contributed by atoms with Gasteiger partial charge in [-0.1, -0.05) is 6.92 Å². The van der Waals surface area contributed by atoms with Crippen molar-refractivity contribution in [3.63, 3.8) is 0 Å². The number of ketones is 1. The van der Waals surface area contributed by atoms with Crippen molar-refractivity contribution in [1.29, 1.82) is 0 Å². The maximum Gasteiger partial charge on any atom is 0.395 e. The topological polar surface area (TPSA) is 37.3 Å². The van der Waals surface area contributed by atoms with Crippen molar-refractivity contribution in [2.24, 2.45) is 5.41 Å². The number of aliphatic hydroxyl groups is 1. The predicted molar refractivity (Wildman–Crippen MR) is 39.1 cm³/mol. The highest BCUT2D eigenvalue weighted by Crippen LogP contribution is 2.47. The number of carbonyl (C=O) groups is 1. The quantitative estimate of drug-likeness (QED) is 0.642. The summed E-state index contributed by atoms with van der Waals surface area (Å²) in [6.45, 7) is 0.939. The van der Waals surface area contributed by atoms with E-state index in [0.29, 0.717) is 0 Å². The Kier molecular flexibility index (Phi) is 2.13. The maximum atomic E-state index is 12.4. The fourth-order valence-electron chi connectivity index (χ4n) is 1.34. The van der Waals surface area contributed by atoms with Crippen molar-refractivity contribution in [3.05, 3.63) is 11.8 Å². The average molecular weight is 194 g/mol. The minimum Gasteiger partial charge on any atom is -0.512 e. The monoisotopic (exact) mass is 194 g/mol. The molecule has 2 nitrogen and oxygen atoms in total. The van der Waals surface area contributed by atoms with Gasteiger partial charge in [0.25, 0.3) is 0 Å². The molecule has 74 valence electrons. The molecule has 0 radical (unpaired) electrons. The standard InChI is InChI=1S/C8H9F3O2/c1-7(8(9,10)11)3-5(12)2-6(13)4-7/h2,12H,3-4H2,1H3. The third-order valence-corrected chi connectivity index (χ3v) is 2.15. The van der Waals surface area contributed by atoms with Crippen LogP contribution in [0.4, 0.5) is 13.2 Å². The number of hydrogen-bond acceptors (Lipinski definition) is 2. The molecule has 0 aromatic heterocycles. The number of allylic oxidation sites excluding steroid dienone is 2. The van der Waals surface area contributed by atoms with Crippen molar-refractivity contribution in [3.8, 4) is 0 Å². The van der Waals surface area contributed by atoms with Gasteiger partial charge in [0.1, 0.15) is 0 Å². The van der Waals surface area contributed by atoms with E-state index < -0.39 is 36.0 Å². The smallest absolute Gasteiger partial charge is 0.395 e. The highest BCUT2D eigenvalue weighted by molar-refractivity contribution is 5.91. The minimum absolute atomic E-state index is 0.490. The normalized spacial score (nSPS) is 30.2. The fourth-order valence-corrected chi connectivity index (χ4v) is 1.34. The lowest BCUT2D eigenvalue weighted by Gasteiger charge is -2.32. The van der Waals surface area contributed by atoms with Gasteiger partial charge >= 0.3 is 6.18 Å². The Labute approximate surface area is 73.1 Å². The molecule has 1 aliphatic carbocycles. The summed E-state index contributed by atoms with van der Waals surface area (Å²) in [4.78, 5) is 10.8. The van der Waals surface area contributed by atoms with Gasteiger partial charge in [-0.25, -0.2) is 0 Å². The minimum atomic E-state index is -4.45. The molecular formula is C8H9F3O2. The van der Waals surface area contributed by atoms with Crippen LogP contribution in [0.1, 0.15) is 19.8 Å². The number of alkyl halides is 3. The molecular weight excluding hydrogens is 185 g/mol. The van der Waals surface area contributed by atoms with Crippen molar-refractivity contribution < 1.29 is 23.1 Å². The molecule has 5 heteroatoms. The molecule has 0 aliphatic heterocycles. The molecule has 13 heavy (non-hydrogen) atoms. The summed E-state index contributed by atoms with van der Waals surface area (Å²) in [6.07, 6.45) is -4.69. The van der Waals surface area contributed by atoms with E-state index in [0.717, 1.165) is 13.0 Å². The van der Waals surface area contributed by atoms with Crippen LogP contribution in [0.3, 0.4) is 0 Å². The first-order valence-corrected chi connectivity index (χ1v) is 3.74. The first kappa shape index (κ1) is 10.1. The second kappa shape index (κ2) is 2.75. The van der Waals surface area contributed by atoms with E-state index in [1.54, 1.807) is 0 Å². The van der Waals surface area contributed by atoms with Crippen LogP contribution in [0.2, 0.25) is 0 Å². The van der Waals surface area contributed by atoms with Crippen molar-refractivity contribution in [2.75, 3.05) is 0 Å². The van der Waals surface area contributed by atoms with Crippen molar-refractivity contribution >= 4 is 5.78 Å². The van der Waals surface area contributed by atoms with E-state index in [2.05, 4.69) is 0 Å². The Bertz CT molecular complexity index is 267. The van der Waals surface area contributed by atoms with Crippen LogP contribution in [0.5, 0.6) is 0 Å². The maximum absolute atomic E-state index is 12.4. The lowest BCUT2D eigenvalue weighted by molar-refractivity contribution is -0.222. The van der Waals surface area contributed by atoms with Crippen LogP contribution in [0.15, 0.2) is 11.8 Å². The number of rotatable bonds is 0. The Morgan fingerprint density at radius 2 is 2.00 bits per heavy atom. The SMILES string of the molecule is CC1(C(F)(F)F)CC(=O)C=C(O)C1. The molecule has 0 spiro atoms. The second-order valence-electron chi connectivity index (χ2n) is 3.51. The van der Waals surface area contributed by atoms with Crippen LogP contribution >= 0.6 is 0 Å². The molecule has 0 heterocycles.